The van der Waals surface area contributed by atoms with Gasteiger partial charge in [0.05, 0.1) is 18.2 Å². The molecule has 1 aromatic carbocycles. The highest BCUT2D eigenvalue weighted by molar-refractivity contribution is 8.13. The van der Waals surface area contributed by atoms with Gasteiger partial charge < -0.3 is 15.8 Å². The van der Waals surface area contributed by atoms with Gasteiger partial charge in [0.2, 0.25) is 0 Å². The molecule has 25 heavy (non-hydrogen) atoms. The number of thiophene rings is 1. The number of amides is 1. The van der Waals surface area contributed by atoms with Crippen LogP contribution < -0.4 is 15.8 Å². The lowest BCUT2D eigenvalue weighted by atomic mass is 9.89. The van der Waals surface area contributed by atoms with Gasteiger partial charge in [0.25, 0.3) is 5.91 Å². The van der Waals surface area contributed by atoms with Gasteiger partial charge in [-0.1, -0.05) is 35.5 Å². The first-order valence-electron chi connectivity index (χ1n) is 7.64. The van der Waals surface area contributed by atoms with Crippen molar-refractivity contribution in [2.45, 2.75) is 18.9 Å². The van der Waals surface area contributed by atoms with Crippen molar-refractivity contribution < 1.29 is 9.53 Å². The molecule has 1 aromatic heterocycles. The summed E-state index contributed by atoms with van der Waals surface area (Å²) < 4.78 is 5.66. The van der Waals surface area contributed by atoms with Crippen LogP contribution >= 0.6 is 34.7 Å². The fraction of sp³-hybridized carbons (Fsp3) is 0.294. The number of thioether (sulfide) groups is 1. The molecule has 0 aliphatic carbocycles. The summed E-state index contributed by atoms with van der Waals surface area (Å²) in [7, 11) is 1.50. The fourth-order valence-corrected chi connectivity index (χ4v) is 4.72. The molecule has 3 N–H and O–H groups in total. The van der Waals surface area contributed by atoms with Crippen molar-refractivity contribution in [3.05, 3.63) is 45.1 Å². The van der Waals surface area contributed by atoms with E-state index >= 15 is 0 Å². The fourth-order valence-electron chi connectivity index (χ4n) is 2.70. The van der Waals surface area contributed by atoms with E-state index in [2.05, 4.69) is 17.2 Å². The van der Waals surface area contributed by atoms with Crippen LogP contribution in [0.25, 0.3) is 0 Å². The van der Waals surface area contributed by atoms with Crippen molar-refractivity contribution in [3.8, 4) is 5.75 Å². The average molecular weight is 396 g/mol. The minimum absolute atomic E-state index is 0.260. The molecule has 2 heterocycles. The van der Waals surface area contributed by atoms with E-state index in [1.54, 1.807) is 17.1 Å². The Hall–Kier alpha value is -1.70. The molecule has 0 saturated carbocycles. The predicted octanol–water partition coefficient (Wildman–Crippen LogP) is 4.33. The number of halogens is 1. The Labute approximate surface area is 159 Å². The Balaban J connectivity index is 1.85. The first kappa shape index (κ1) is 18.1. The molecule has 0 saturated heterocycles. The van der Waals surface area contributed by atoms with Crippen LogP contribution in [0.4, 0.5) is 5.69 Å². The molecule has 1 unspecified atom stereocenters. The van der Waals surface area contributed by atoms with Crippen molar-refractivity contribution in [2.24, 2.45) is 10.7 Å². The Morgan fingerprint density at radius 3 is 3.00 bits per heavy atom. The highest BCUT2D eigenvalue weighted by Gasteiger charge is 2.29. The van der Waals surface area contributed by atoms with E-state index in [0.29, 0.717) is 26.5 Å². The smallest absolute Gasteiger partial charge is 0.260 e. The molecule has 0 fully saturated rings. The van der Waals surface area contributed by atoms with Crippen LogP contribution in [0.5, 0.6) is 5.75 Å². The molecule has 8 heteroatoms. The molecule has 1 amide bonds. The van der Waals surface area contributed by atoms with E-state index in [1.807, 2.05) is 24.3 Å². The van der Waals surface area contributed by atoms with E-state index in [1.165, 1.54) is 18.4 Å². The SMILES string of the molecule is COc1c(C(=O)Nc2cccc(C3(C)CCSC(N)=N3)c2)csc1Cl. The Bertz CT molecular complexity index is 837. The minimum atomic E-state index is -0.376. The third-order valence-corrected chi connectivity index (χ3v) is 6.07. The molecule has 3 rings (SSSR count). The van der Waals surface area contributed by atoms with Gasteiger partial charge in [-0.05, 0) is 31.0 Å². The van der Waals surface area contributed by atoms with Gasteiger partial charge in [0, 0.05) is 16.8 Å². The molecular formula is C17H18ClN3O2S2. The van der Waals surface area contributed by atoms with E-state index in [-0.39, 0.29) is 11.4 Å². The Morgan fingerprint density at radius 1 is 1.48 bits per heavy atom. The number of nitrogens with one attached hydrogen (secondary N) is 1. The number of benzene rings is 1. The largest absolute Gasteiger partial charge is 0.493 e. The highest BCUT2D eigenvalue weighted by Crippen LogP contribution is 2.37. The van der Waals surface area contributed by atoms with Crippen molar-refractivity contribution in [2.75, 3.05) is 18.2 Å². The molecule has 132 valence electrons. The van der Waals surface area contributed by atoms with Gasteiger partial charge in [-0.15, -0.1) is 11.3 Å². The summed E-state index contributed by atoms with van der Waals surface area (Å²) in [4.78, 5) is 17.1. The third kappa shape index (κ3) is 3.78. The third-order valence-electron chi connectivity index (χ3n) is 4.09. The lowest BCUT2D eigenvalue weighted by molar-refractivity contribution is 0.102. The summed E-state index contributed by atoms with van der Waals surface area (Å²) in [6, 6.07) is 7.69. The molecule has 1 aliphatic rings. The first-order valence-corrected chi connectivity index (χ1v) is 9.88. The predicted molar refractivity (Wildman–Crippen MR) is 106 cm³/mol. The minimum Gasteiger partial charge on any atom is -0.493 e. The van der Waals surface area contributed by atoms with Crippen molar-refractivity contribution in [3.63, 3.8) is 0 Å². The summed E-state index contributed by atoms with van der Waals surface area (Å²) in [6.07, 6.45) is 0.893. The first-order chi connectivity index (χ1) is 11.9. The van der Waals surface area contributed by atoms with Gasteiger partial charge in [0.15, 0.2) is 10.9 Å². The van der Waals surface area contributed by atoms with Gasteiger partial charge in [0.1, 0.15) is 4.34 Å². The molecule has 2 aromatic rings. The van der Waals surface area contributed by atoms with Crippen molar-refractivity contribution >= 4 is 51.5 Å². The van der Waals surface area contributed by atoms with Gasteiger partial charge in [-0.3, -0.25) is 9.79 Å². The van der Waals surface area contributed by atoms with Crippen LogP contribution in [0.2, 0.25) is 4.34 Å². The van der Waals surface area contributed by atoms with E-state index in [9.17, 15) is 4.79 Å². The Kier molecular flexibility index (Phi) is 5.27. The number of carbonyl (C=O) groups is 1. The van der Waals surface area contributed by atoms with Crippen LogP contribution in [0.3, 0.4) is 0 Å². The standard InChI is InChI=1S/C17H18ClN3O2S2/c1-17(6-7-24-16(19)21-17)10-4-3-5-11(8-10)20-15(22)12-9-25-14(18)13(12)23-2/h3-5,8-9H,6-7H2,1-2H3,(H2,19,21)(H,20,22). The summed E-state index contributed by atoms with van der Waals surface area (Å²) >= 11 is 8.87. The number of ether oxygens (including phenoxy) is 1. The number of amidine groups is 1. The summed E-state index contributed by atoms with van der Waals surface area (Å²) in [5.74, 6) is 1.06. The number of nitrogens with two attached hydrogens (primary N) is 1. The van der Waals surface area contributed by atoms with Crippen LogP contribution in [-0.4, -0.2) is 23.9 Å². The quantitative estimate of drug-likeness (QED) is 0.807. The molecular weight excluding hydrogens is 378 g/mol. The molecule has 0 bridgehead atoms. The number of rotatable bonds is 4. The normalized spacial score (nSPS) is 20.0. The summed E-state index contributed by atoms with van der Waals surface area (Å²) in [5, 5.41) is 5.18. The van der Waals surface area contributed by atoms with Crippen LogP contribution in [0.15, 0.2) is 34.6 Å². The Morgan fingerprint density at radius 2 is 2.28 bits per heavy atom. The van der Waals surface area contributed by atoms with E-state index in [0.717, 1.165) is 17.7 Å². The number of aliphatic imine (C=N–C) groups is 1. The monoisotopic (exact) mass is 395 g/mol. The molecule has 1 atom stereocenters. The number of anilines is 1. The van der Waals surface area contributed by atoms with Gasteiger partial charge in [-0.25, -0.2) is 0 Å². The maximum atomic E-state index is 12.5. The lowest BCUT2D eigenvalue weighted by Gasteiger charge is -2.30. The van der Waals surface area contributed by atoms with Gasteiger partial charge in [-0.2, -0.15) is 0 Å². The van der Waals surface area contributed by atoms with Crippen LogP contribution in [-0.2, 0) is 5.54 Å². The maximum absolute atomic E-state index is 12.5. The zero-order chi connectivity index (χ0) is 18.0. The number of hydrogen-bond donors (Lipinski definition) is 2. The van der Waals surface area contributed by atoms with E-state index < -0.39 is 0 Å². The second-order valence-corrected chi connectivity index (χ2v) is 8.41. The molecule has 0 spiro atoms. The highest BCUT2D eigenvalue weighted by atomic mass is 35.5. The van der Waals surface area contributed by atoms with Gasteiger partial charge >= 0.3 is 0 Å². The maximum Gasteiger partial charge on any atom is 0.260 e. The van der Waals surface area contributed by atoms with E-state index in [4.69, 9.17) is 22.1 Å². The molecule has 0 radical (unpaired) electrons. The number of hydrogen-bond acceptors (Lipinski definition) is 6. The molecule has 1 aliphatic heterocycles. The van der Waals surface area contributed by atoms with Crippen molar-refractivity contribution in [1.29, 1.82) is 0 Å². The molecule has 5 nitrogen and oxygen atoms in total. The lowest BCUT2D eigenvalue weighted by Crippen LogP contribution is -2.28. The average Bonchev–Trinajstić information content (AvgIpc) is 2.96. The second kappa shape index (κ2) is 7.27. The number of nitrogens with zero attached hydrogens (tertiary/aromatic N) is 1. The number of carbonyl (C=O) groups excluding carboxylic acids is 1. The van der Waals surface area contributed by atoms with Crippen LogP contribution in [0, 0.1) is 0 Å². The van der Waals surface area contributed by atoms with Crippen molar-refractivity contribution in [1.82, 2.24) is 0 Å². The number of methoxy groups -OCH3 is 1. The summed E-state index contributed by atoms with van der Waals surface area (Å²) in [6.45, 7) is 2.06. The topological polar surface area (TPSA) is 76.7 Å². The zero-order valence-corrected chi connectivity index (χ0v) is 16.2. The van der Waals surface area contributed by atoms with Crippen LogP contribution in [0.1, 0.15) is 29.3 Å². The zero-order valence-electron chi connectivity index (χ0n) is 13.8. The summed E-state index contributed by atoms with van der Waals surface area (Å²) in [5.41, 5.74) is 7.65. The second-order valence-electron chi connectivity index (χ2n) is 5.81.